The topological polar surface area (TPSA) is 61.7 Å². The highest BCUT2D eigenvalue weighted by atomic mass is 35.5. The van der Waals surface area contributed by atoms with Crippen LogP contribution in [-0.2, 0) is 0 Å². The minimum Gasteiger partial charge on any atom is -0.341 e. The molecular weight excluding hydrogens is 374 g/mol. The van der Waals surface area contributed by atoms with Crippen LogP contribution in [0.2, 0.25) is 5.02 Å². The third-order valence-corrected chi connectivity index (χ3v) is 4.70. The van der Waals surface area contributed by atoms with Gasteiger partial charge in [0, 0.05) is 25.8 Å². The minimum absolute atomic E-state index is 0.195. The van der Waals surface area contributed by atoms with E-state index in [1.807, 2.05) is 13.1 Å². The Kier molecular flexibility index (Phi) is 8.39. The van der Waals surface area contributed by atoms with Gasteiger partial charge in [-0.05, 0) is 39.3 Å². The van der Waals surface area contributed by atoms with E-state index in [1.54, 1.807) is 35.4 Å². The lowest BCUT2D eigenvalue weighted by atomic mass is 10.2. The molecule has 1 amide bonds. The second-order valence-electron chi connectivity index (χ2n) is 6.18. The molecule has 1 heterocycles. The molecule has 28 heavy (non-hydrogen) atoms. The van der Waals surface area contributed by atoms with Crippen molar-refractivity contribution in [2.75, 3.05) is 29.4 Å². The first-order valence-corrected chi connectivity index (χ1v) is 10.2. The summed E-state index contributed by atoms with van der Waals surface area (Å²) in [5.74, 6) is 0.908. The van der Waals surface area contributed by atoms with E-state index in [0.29, 0.717) is 34.6 Å². The Morgan fingerprint density at radius 1 is 1.14 bits per heavy atom. The number of rotatable bonds is 9. The van der Waals surface area contributed by atoms with Crippen molar-refractivity contribution in [3.63, 3.8) is 0 Å². The van der Waals surface area contributed by atoms with Crippen molar-refractivity contribution < 1.29 is 4.79 Å². The molecule has 0 saturated carbocycles. The molecule has 0 aliphatic heterocycles. The number of hydrogen-bond donors (Lipinski definition) is 0. The van der Waals surface area contributed by atoms with E-state index >= 15 is 0 Å². The number of aliphatic imine (C=N–C) groups is 1. The second-order valence-corrected chi connectivity index (χ2v) is 6.59. The number of hydrogen-bond acceptors (Lipinski definition) is 5. The monoisotopic (exact) mass is 401 g/mol. The Bertz CT molecular complexity index is 820. The molecule has 0 atom stereocenters. The molecule has 1 aromatic carbocycles. The number of halogens is 1. The SMILES string of the molecule is CCCC=Nc1nc(N(CC)CC)ncc1N(CC)C(=O)c1ccccc1Cl. The molecule has 0 saturated heterocycles. The first-order valence-electron chi connectivity index (χ1n) is 9.78. The maximum absolute atomic E-state index is 13.1. The lowest BCUT2D eigenvalue weighted by Crippen LogP contribution is -2.32. The summed E-state index contributed by atoms with van der Waals surface area (Å²) < 4.78 is 0. The van der Waals surface area contributed by atoms with Crippen molar-refractivity contribution in [3.05, 3.63) is 41.0 Å². The van der Waals surface area contributed by atoms with Gasteiger partial charge in [-0.3, -0.25) is 4.79 Å². The van der Waals surface area contributed by atoms with E-state index in [0.717, 1.165) is 25.9 Å². The van der Waals surface area contributed by atoms with Crippen molar-refractivity contribution in [1.29, 1.82) is 0 Å². The molecule has 2 aromatic rings. The molecule has 7 heteroatoms. The number of amides is 1. The molecule has 0 aliphatic carbocycles. The molecule has 2 rings (SSSR count). The Morgan fingerprint density at radius 3 is 2.46 bits per heavy atom. The largest absolute Gasteiger partial charge is 0.341 e. The van der Waals surface area contributed by atoms with Crippen molar-refractivity contribution >= 4 is 41.2 Å². The van der Waals surface area contributed by atoms with Gasteiger partial charge in [0.05, 0.1) is 16.8 Å². The summed E-state index contributed by atoms with van der Waals surface area (Å²) in [4.78, 5) is 30.5. The lowest BCUT2D eigenvalue weighted by molar-refractivity contribution is 0.0988. The summed E-state index contributed by atoms with van der Waals surface area (Å²) in [5, 5.41) is 0.419. The molecular formula is C21H28ClN5O. The molecule has 0 spiro atoms. The number of benzene rings is 1. The predicted octanol–water partition coefficient (Wildman–Crippen LogP) is 5.15. The molecule has 0 unspecified atom stereocenters. The fourth-order valence-electron chi connectivity index (χ4n) is 2.79. The second kappa shape index (κ2) is 10.8. The molecule has 1 aromatic heterocycles. The molecule has 6 nitrogen and oxygen atoms in total. The lowest BCUT2D eigenvalue weighted by Gasteiger charge is -2.24. The zero-order valence-corrected chi connectivity index (χ0v) is 17.8. The number of aromatic nitrogens is 2. The van der Waals surface area contributed by atoms with Gasteiger partial charge in [0.25, 0.3) is 5.91 Å². The number of nitrogens with zero attached hydrogens (tertiary/aromatic N) is 5. The van der Waals surface area contributed by atoms with Crippen LogP contribution in [0.5, 0.6) is 0 Å². The van der Waals surface area contributed by atoms with Crippen LogP contribution in [0, 0.1) is 0 Å². The Labute approximate surface area is 172 Å². The Balaban J connectivity index is 2.50. The third-order valence-electron chi connectivity index (χ3n) is 4.37. The normalized spacial score (nSPS) is 11.0. The van der Waals surface area contributed by atoms with E-state index in [1.165, 1.54) is 0 Å². The number of anilines is 2. The number of unbranched alkanes of at least 4 members (excludes halogenated alkanes) is 1. The minimum atomic E-state index is -0.195. The highest BCUT2D eigenvalue weighted by Gasteiger charge is 2.23. The molecule has 0 bridgehead atoms. The zero-order valence-electron chi connectivity index (χ0n) is 17.0. The maximum Gasteiger partial charge on any atom is 0.259 e. The average Bonchev–Trinajstić information content (AvgIpc) is 2.71. The fraction of sp³-hybridized carbons (Fsp3) is 0.429. The summed E-state index contributed by atoms with van der Waals surface area (Å²) in [6.45, 7) is 10.2. The maximum atomic E-state index is 13.1. The van der Waals surface area contributed by atoms with Crippen LogP contribution >= 0.6 is 11.6 Å². The summed E-state index contributed by atoms with van der Waals surface area (Å²) in [7, 11) is 0. The van der Waals surface area contributed by atoms with Crippen LogP contribution in [-0.4, -0.2) is 41.7 Å². The quantitative estimate of drug-likeness (QED) is 0.545. The van der Waals surface area contributed by atoms with E-state index < -0.39 is 0 Å². The van der Waals surface area contributed by atoms with Crippen molar-refractivity contribution in [2.24, 2.45) is 4.99 Å². The third kappa shape index (κ3) is 5.07. The van der Waals surface area contributed by atoms with Gasteiger partial charge >= 0.3 is 0 Å². The highest BCUT2D eigenvalue weighted by molar-refractivity contribution is 6.34. The van der Waals surface area contributed by atoms with E-state index in [9.17, 15) is 4.79 Å². The molecule has 0 aliphatic rings. The molecule has 0 N–H and O–H groups in total. The van der Waals surface area contributed by atoms with Gasteiger partial charge in [0.1, 0.15) is 5.69 Å². The van der Waals surface area contributed by atoms with Gasteiger partial charge in [-0.25, -0.2) is 9.98 Å². The van der Waals surface area contributed by atoms with Crippen molar-refractivity contribution in [1.82, 2.24) is 9.97 Å². The smallest absolute Gasteiger partial charge is 0.259 e. The summed E-state index contributed by atoms with van der Waals surface area (Å²) in [6, 6.07) is 7.03. The Hall–Kier alpha value is -2.47. The van der Waals surface area contributed by atoms with Crippen molar-refractivity contribution in [2.45, 2.75) is 40.5 Å². The van der Waals surface area contributed by atoms with E-state index in [-0.39, 0.29) is 5.91 Å². The van der Waals surface area contributed by atoms with Crippen LogP contribution in [0.4, 0.5) is 17.5 Å². The first-order chi connectivity index (χ1) is 13.6. The number of carbonyl (C=O) groups excluding carboxylic acids is 1. The number of carbonyl (C=O) groups is 1. The first kappa shape index (κ1) is 21.8. The van der Waals surface area contributed by atoms with Gasteiger partial charge in [-0.15, -0.1) is 0 Å². The van der Waals surface area contributed by atoms with Gasteiger partial charge in [0.2, 0.25) is 5.95 Å². The summed E-state index contributed by atoms with van der Waals surface area (Å²) in [5.41, 5.74) is 1.03. The van der Waals surface area contributed by atoms with Gasteiger partial charge in [-0.2, -0.15) is 4.98 Å². The van der Waals surface area contributed by atoms with Gasteiger partial charge in [-0.1, -0.05) is 37.1 Å². The van der Waals surface area contributed by atoms with Crippen LogP contribution in [0.15, 0.2) is 35.5 Å². The summed E-state index contributed by atoms with van der Waals surface area (Å²) >= 11 is 6.24. The standard InChI is InChI=1S/C21H28ClN5O/c1-5-9-14-23-19-18(15-24-21(25-19)26(6-2)7-3)27(8-4)20(28)16-12-10-11-13-17(16)22/h10-15H,5-9H2,1-4H3. The molecule has 0 fully saturated rings. The van der Waals surface area contributed by atoms with E-state index in [4.69, 9.17) is 11.6 Å². The van der Waals surface area contributed by atoms with Gasteiger partial charge in [0.15, 0.2) is 5.82 Å². The fourth-order valence-corrected chi connectivity index (χ4v) is 3.00. The Morgan fingerprint density at radius 2 is 1.86 bits per heavy atom. The van der Waals surface area contributed by atoms with Crippen LogP contribution in [0.3, 0.4) is 0 Å². The average molecular weight is 402 g/mol. The summed E-state index contributed by atoms with van der Waals surface area (Å²) in [6.07, 6.45) is 5.35. The van der Waals surface area contributed by atoms with E-state index in [2.05, 4.69) is 40.6 Å². The highest BCUT2D eigenvalue weighted by Crippen LogP contribution is 2.30. The zero-order chi connectivity index (χ0) is 20.5. The molecule has 0 radical (unpaired) electrons. The van der Waals surface area contributed by atoms with Crippen LogP contribution in [0.25, 0.3) is 0 Å². The van der Waals surface area contributed by atoms with Crippen LogP contribution < -0.4 is 9.80 Å². The van der Waals surface area contributed by atoms with Crippen molar-refractivity contribution in [3.8, 4) is 0 Å². The predicted molar refractivity (Wildman–Crippen MR) is 117 cm³/mol. The molecule has 150 valence electrons. The van der Waals surface area contributed by atoms with Crippen LogP contribution in [0.1, 0.15) is 50.9 Å². The van der Waals surface area contributed by atoms with Gasteiger partial charge < -0.3 is 9.80 Å².